The van der Waals surface area contributed by atoms with Crippen LogP contribution in [0.15, 0.2) is 15.1 Å². The van der Waals surface area contributed by atoms with E-state index in [0.29, 0.717) is 5.76 Å². The highest BCUT2D eigenvalue weighted by atomic mass is 16.5. The van der Waals surface area contributed by atoms with Crippen LogP contribution in [0.25, 0.3) is 0 Å². The number of amides is 1. The second-order valence-electron chi connectivity index (χ2n) is 7.11. The summed E-state index contributed by atoms with van der Waals surface area (Å²) in [6, 6.07) is 1.95. The standard InChI is InChI=1S/C18H23N3O3/c1-11(2)16-10-14(20-23-16)15-8-5-9-21(15)18(22)17-12-6-3-4-7-13(12)19-24-17/h10-11,15H,3-9H2,1-2H3/t15-/m0/s1. The summed E-state index contributed by atoms with van der Waals surface area (Å²) in [5.74, 6) is 1.53. The molecule has 2 aromatic heterocycles. The Morgan fingerprint density at radius 1 is 1.21 bits per heavy atom. The molecule has 1 atom stereocenters. The summed E-state index contributed by atoms with van der Waals surface area (Å²) in [5.41, 5.74) is 2.82. The van der Waals surface area contributed by atoms with Gasteiger partial charge >= 0.3 is 0 Å². The van der Waals surface area contributed by atoms with Gasteiger partial charge in [0.2, 0.25) is 5.76 Å². The number of carbonyl (C=O) groups is 1. The van der Waals surface area contributed by atoms with Crippen molar-refractivity contribution in [1.82, 2.24) is 15.2 Å². The van der Waals surface area contributed by atoms with Crippen molar-refractivity contribution >= 4 is 5.91 Å². The lowest BCUT2D eigenvalue weighted by atomic mass is 9.95. The summed E-state index contributed by atoms with van der Waals surface area (Å²) in [4.78, 5) is 14.9. The Balaban J connectivity index is 1.60. The van der Waals surface area contributed by atoms with E-state index in [4.69, 9.17) is 9.05 Å². The fraction of sp³-hybridized carbons (Fsp3) is 0.611. The van der Waals surface area contributed by atoms with Gasteiger partial charge in [-0.2, -0.15) is 0 Å². The molecule has 2 aromatic rings. The Morgan fingerprint density at radius 3 is 2.83 bits per heavy atom. The number of carbonyl (C=O) groups excluding carboxylic acids is 1. The van der Waals surface area contributed by atoms with Crippen molar-refractivity contribution in [3.8, 4) is 0 Å². The minimum absolute atomic E-state index is 0.0295. The van der Waals surface area contributed by atoms with Gasteiger partial charge in [0.05, 0.1) is 11.7 Å². The number of rotatable bonds is 3. The molecule has 4 rings (SSSR count). The lowest BCUT2D eigenvalue weighted by molar-refractivity contribution is 0.0687. The first-order valence-electron chi connectivity index (χ1n) is 8.90. The van der Waals surface area contributed by atoms with Gasteiger partial charge in [-0.25, -0.2) is 0 Å². The summed E-state index contributed by atoms with van der Waals surface area (Å²) in [7, 11) is 0. The molecule has 3 heterocycles. The van der Waals surface area contributed by atoms with Gasteiger partial charge < -0.3 is 13.9 Å². The van der Waals surface area contributed by atoms with E-state index in [0.717, 1.165) is 67.8 Å². The molecule has 2 aliphatic rings. The third kappa shape index (κ3) is 2.54. The smallest absolute Gasteiger partial charge is 0.293 e. The molecular weight excluding hydrogens is 306 g/mol. The maximum atomic E-state index is 13.0. The quantitative estimate of drug-likeness (QED) is 0.859. The van der Waals surface area contributed by atoms with Crippen molar-refractivity contribution in [3.63, 3.8) is 0 Å². The van der Waals surface area contributed by atoms with Crippen molar-refractivity contribution in [2.24, 2.45) is 0 Å². The molecule has 0 N–H and O–H groups in total. The van der Waals surface area contributed by atoms with Crippen LogP contribution >= 0.6 is 0 Å². The highest BCUT2D eigenvalue weighted by Crippen LogP contribution is 2.35. The Hall–Kier alpha value is -2.11. The van der Waals surface area contributed by atoms with Gasteiger partial charge in [0, 0.05) is 24.1 Å². The molecule has 1 aliphatic heterocycles. The number of likely N-dealkylation sites (tertiary alicyclic amines) is 1. The molecule has 0 unspecified atom stereocenters. The van der Waals surface area contributed by atoms with E-state index in [9.17, 15) is 4.79 Å². The molecule has 0 bridgehead atoms. The SMILES string of the molecule is CC(C)c1cc([C@@H]2CCCN2C(=O)c2onc3c2CCCC3)no1. The van der Waals surface area contributed by atoms with Crippen LogP contribution in [0, 0.1) is 0 Å². The Bertz CT molecular complexity index is 747. The zero-order valence-electron chi connectivity index (χ0n) is 14.2. The monoisotopic (exact) mass is 329 g/mol. The molecule has 0 radical (unpaired) electrons. The molecule has 1 fully saturated rings. The van der Waals surface area contributed by atoms with Gasteiger partial charge in [-0.15, -0.1) is 0 Å². The van der Waals surface area contributed by atoms with Crippen LogP contribution in [0.4, 0.5) is 0 Å². The highest BCUT2D eigenvalue weighted by Gasteiger charge is 2.36. The van der Waals surface area contributed by atoms with E-state index in [-0.39, 0.29) is 17.9 Å². The van der Waals surface area contributed by atoms with Crippen LogP contribution < -0.4 is 0 Å². The first-order chi connectivity index (χ1) is 11.6. The Morgan fingerprint density at radius 2 is 2.04 bits per heavy atom. The van der Waals surface area contributed by atoms with Crippen LogP contribution in [-0.4, -0.2) is 27.7 Å². The zero-order chi connectivity index (χ0) is 16.7. The van der Waals surface area contributed by atoms with Gasteiger partial charge in [0.1, 0.15) is 11.5 Å². The van der Waals surface area contributed by atoms with Crippen LogP contribution in [0.1, 0.15) is 84.8 Å². The molecule has 1 saturated heterocycles. The summed E-state index contributed by atoms with van der Waals surface area (Å²) in [5, 5.41) is 8.32. The van der Waals surface area contributed by atoms with E-state index >= 15 is 0 Å². The predicted molar refractivity (Wildman–Crippen MR) is 86.7 cm³/mol. The maximum Gasteiger partial charge on any atom is 0.293 e. The maximum absolute atomic E-state index is 13.0. The molecule has 6 nitrogen and oxygen atoms in total. The predicted octanol–water partition coefficient (Wildman–Crippen LogP) is 3.64. The Labute approximate surface area is 141 Å². The third-order valence-corrected chi connectivity index (χ3v) is 5.12. The minimum Gasteiger partial charge on any atom is -0.361 e. The largest absolute Gasteiger partial charge is 0.361 e. The third-order valence-electron chi connectivity index (χ3n) is 5.12. The summed E-state index contributed by atoms with van der Waals surface area (Å²) in [6.07, 6.45) is 5.90. The number of aryl methyl sites for hydroxylation is 1. The number of hydrogen-bond donors (Lipinski definition) is 0. The molecule has 0 aromatic carbocycles. The second-order valence-corrected chi connectivity index (χ2v) is 7.11. The summed E-state index contributed by atoms with van der Waals surface area (Å²) < 4.78 is 10.9. The second kappa shape index (κ2) is 6.07. The number of fused-ring (bicyclic) bond motifs is 1. The van der Waals surface area contributed by atoms with Crippen molar-refractivity contribution in [3.05, 3.63) is 34.5 Å². The van der Waals surface area contributed by atoms with Crippen molar-refractivity contribution < 1.29 is 13.8 Å². The average Bonchev–Trinajstić information content (AvgIpc) is 3.31. The Kier molecular flexibility index (Phi) is 3.90. The van der Waals surface area contributed by atoms with Gasteiger partial charge in [-0.1, -0.05) is 24.2 Å². The van der Waals surface area contributed by atoms with E-state index in [1.165, 1.54) is 0 Å². The van der Waals surface area contributed by atoms with Crippen LogP contribution in [0.5, 0.6) is 0 Å². The van der Waals surface area contributed by atoms with E-state index in [1.54, 1.807) is 0 Å². The number of hydrogen-bond acceptors (Lipinski definition) is 5. The van der Waals surface area contributed by atoms with Gasteiger partial charge in [0.15, 0.2) is 0 Å². The molecule has 128 valence electrons. The van der Waals surface area contributed by atoms with Gasteiger partial charge in [-0.05, 0) is 38.5 Å². The average molecular weight is 329 g/mol. The number of aromatic nitrogens is 2. The van der Waals surface area contributed by atoms with Crippen LogP contribution in [0.2, 0.25) is 0 Å². The number of nitrogens with zero attached hydrogens (tertiary/aromatic N) is 3. The minimum atomic E-state index is -0.0535. The van der Waals surface area contributed by atoms with Gasteiger partial charge in [0.25, 0.3) is 5.91 Å². The topological polar surface area (TPSA) is 72.4 Å². The highest BCUT2D eigenvalue weighted by molar-refractivity contribution is 5.93. The van der Waals surface area contributed by atoms with E-state index in [1.807, 2.05) is 11.0 Å². The lowest BCUT2D eigenvalue weighted by Crippen LogP contribution is -2.31. The fourth-order valence-electron chi connectivity index (χ4n) is 3.74. The summed E-state index contributed by atoms with van der Waals surface area (Å²) >= 11 is 0. The molecule has 6 heteroatoms. The molecule has 0 saturated carbocycles. The lowest BCUT2D eigenvalue weighted by Gasteiger charge is -2.22. The molecular formula is C18H23N3O3. The van der Waals surface area contributed by atoms with Crippen LogP contribution in [0.3, 0.4) is 0 Å². The molecule has 24 heavy (non-hydrogen) atoms. The van der Waals surface area contributed by atoms with Crippen molar-refractivity contribution in [2.45, 2.75) is 64.3 Å². The normalized spacial score (nSPS) is 20.6. The van der Waals surface area contributed by atoms with Gasteiger partial charge in [-0.3, -0.25) is 4.79 Å². The fourth-order valence-corrected chi connectivity index (χ4v) is 3.74. The molecule has 0 spiro atoms. The van der Waals surface area contributed by atoms with E-state index in [2.05, 4.69) is 24.2 Å². The zero-order valence-corrected chi connectivity index (χ0v) is 14.2. The first kappa shape index (κ1) is 15.4. The molecule has 1 aliphatic carbocycles. The summed E-state index contributed by atoms with van der Waals surface area (Å²) in [6.45, 7) is 4.87. The first-order valence-corrected chi connectivity index (χ1v) is 8.90. The van der Waals surface area contributed by atoms with Crippen molar-refractivity contribution in [1.29, 1.82) is 0 Å². The molecule has 1 amide bonds. The van der Waals surface area contributed by atoms with Crippen LogP contribution in [-0.2, 0) is 12.8 Å². The van der Waals surface area contributed by atoms with Crippen molar-refractivity contribution in [2.75, 3.05) is 6.54 Å². The van der Waals surface area contributed by atoms with E-state index < -0.39 is 0 Å².